The molecule has 0 amide bonds. The fourth-order valence-corrected chi connectivity index (χ4v) is 3.17. The summed E-state index contributed by atoms with van der Waals surface area (Å²) in [6.07, 6.45) is 0. The highest BCUT2D eigenvalue weighted by Crippen LogP contribution is 2.34. The maximum Gasteiger partial charge on any atom is 0.213 e. The third kappa shape index (κ3) is 1.85. The van der Waals surface area contributed by atoms with Gasteiger partial charge in [0.05, 0.1) is 10.8 Å². The predicted molar refractivity (Wildman–Crippen MR) is 89.7 cm³/mol. The SMILES string of the molecule is C[n+]1c2ccccc2c(-c2ccc(O)cc2)c2ccccc21. The lowest BCUT2D eigenvalue weighted by molar-refractivity contribution is -0.617. The summed E-state index contributed by atoms with van der Waals surface area (Å²) >= 11 is 0. The molecule has 0 atom stereocenters. The molecule has 0 saturated carbocycles. The highest BCUT2D eigenvalue weighted by molar-refractivity contribution is 6.07. The first-order chi connectivity index (χ1) is 10.8. The molecule has 4 rings (SSSR count). The van der Waals surface area contributed by atoms with Gasteiger partial charge in [0.2, 0.25) is 11.0 Å². The van der Waals surface area contributed by atoms with E-state index in [1.165, 1.54) is 27.4 Å². The Balaban J connectivity index is 2.23. The van der Waals surface area contributed by atoms with Crippen LogP contribution in [0.25, 0.3) is 32.9 Å². The van der Waals surface area contributed by atoms with Crippen molar-refractivity contribution in [2.24, 2.45) is 7.05 Å². The van der Waals surface area contributed by atoms with Crippen molar-refractivity contribution >= 4 is 21.8 Å². The van der Waals surface area contributed by atoms with Crippen molar-refractivity contribution in [2.75, 3.05) is 0 Å². The van der Waals surface area contributed by atoms with Gasteiger partial charge in [0, 0.05) is 17.7 Å². The van der Waals surface area contributed by atoms with Gasteiger partial charge in [-0.05, 0) is 29.8 Å². The second kappa shape index (κ2) is 4.85. The quantitative estimate of drug-likeness (QED) is 0.412. The minimum absolute atomic E-state index is 0.291. The van der Waals surface area contributed by atoms with Crippen molar-refractivity contribution in [3.63, 3.8) is 0 Å². The number of phenols is 1. The molecule has 0 spiro atoms. The van der Waals surface area contributed by atoms with Crippen molar-refractivity contribution < 1.29 is 9.67 Å². The van der Waals surface area contributed by atoms with Crippen molar-refractivity contribution in [3.05, 3.63) is 72.8 Å². The number of nitrogens with zero attached hydrogens (tertiary/aromatic N) is 1. The lowest BCUT2D eigenvalue weighted by Crippen LogP contribution is -2.30. The number of para-hydroxylation sites is 2. The van der Waals surface area contributed by atoms with E-state index in [4.69, 9.17) is 0 Å². The van der Waals surface area contributed by atoms with Gasteiger partial charge in [0.1, 0.15) is 12.8 Å². The normalized spacial score (nSPS) is 11.1. The van der Waals surface area contributed by atoms with E-state index in [-0.39, 0.29) is 0 Å². The third-order valence-electron chi connectivity index (χ3n) is 4.23. The Hall–Kier alpha value is -2.87. The molecule has 1 aromatic heterocycles. The zero-order valence-electron chi connectivity index (χ0n) is 12.3. The van der Waals surface area contributed by atoms with Crippen LogP contribution >= 0.6 is 0 Å². The second-order valence-electron chi connectivity index (χ2n) is 5.52. The Morgan fingerprint density at radius 2 is 1.18 bits per heavy atom. The number of hydrogen-bond acceptors (Lipinski definition) is 1. The molecule has 106 valence electrons. The minimum Gasteiger partial charge on any atom is -0.508 e. The molecule has 4 aromatic rings. The van der Waals surface area contributed by atoms with Crippen LogP contribution in [0.1, 0.15) is 0 Å². The molecule has 2 heteroatoms. The smallest absolute Gasteiger partial charge is 0.213 e. The van der Waals surface area contributed by atoms with E-state index in [9.17, 15) is 5.11 Å². The number of aromatic nitrogens is 1. The van der Waals surface area contributed by atoms with Crippen LogP contribution in [-0.4, -0.2) is 5.11 Å². The highest BCUT2D eigenvalue weighted by Gasteiger charge is 2.17. The molecular weight excluding hydrogens is 270 g/mol. The Labute approximate surface area is 128 Å². The van der Waals surface area contributed by atoms with Crippen LogP contribution in [-0.2, 0) is 7.05 Å². The third-order valence-corrected chi connectivity index (χ3v) is 4.23. The molecule has 0 saturated heterocycles. The number of phenolic OH excluding ortho intramolecular Hbond substituents is 1. The molecule has 0 aliphatic carbocycles. The minimum atomic E-state index is 0.291. The number of fused-ring (bicyclic) bond motifs is 2. The average Bonchev–Trinajstić information content (AvgIpc) is 2.57. The van der Waals surface area contributed by atoms with E-state index in [1.807, 2.05) is 12.1 Å². The van der Waals surface area contributed by atoms with Crippen LogP contribution in [0.3, 0.4) is 0 Å². The topological polar surface area (TPSA) is 24.1 Å². The van der Waals surface area contributed by atoms with Crippen molar-refractivity contribution in [2.45, 2.75) is 0 Å². The molecule has 0 bridgehead atoms. The number of pyridine rings is 1. The molecule has 22 heavy (non-hydrogen) atoms. The van der Waals surface area contributed by atoms with Gasteiger partial charge in [-0.1, -0.05) is 36.4 Å². The summed E-state index contributed by atoms with van der Waals surface area (Å²) in [5.74, 6) is 0.291. The molecule has 1 heterocycles. The molecule has 3 aromatic carbocycles. The van der Waals surface area contributed by atoms with Crippen molar-refractivity contribution in [3.8, 4) is 16.9 Å². The summed E-state index contributed by atoms with van der Waals surface area (Å²) in [6.45, 7) is 0. The average molecular weight is 286 g/mol. The lowest BCUT2D eigenvalue weighted by atomic mass is 9.96. The summed E-state index contributed by atoms with van der Waals surface area (Å²) in [5.41, 5.74) is 4.73. The molecule has 0 aliphatic heterocycles. The Kier molecular flexibility index (Phi) is 2.83. The first-order valence-corrected chi connectivity index (χ1v) is 7.34. The van der Waals surface area contributed by atoms with Gasteiger partial charge in [-0.2, -0.15) is 4.57 Å². The van der Waals surface area contributed by atoms with Gasteiger partial charge in [-0.25, -0.2) is 0 Å². The van der Waals surface area contributed by atoms with Gasteiger partial charge in [-0.3, -0.25) is 0 Å². The number of benzene rings is 3. The Bertz CT molecular complexity index is 931. The van der Waals surface area contributed by atoms with E-state index in [0.717, 1.165) is 5.56 Å². The zero-order chi connectivity index (χ0) is 15.1. The van der Waals surface area contributed by atoms with E-state index in [0.29, 0.717) is 5.75 Å². The highest BCUT2D eigenvalue weighted by atomic mass is 16.3. The fraction of sp³-hybridized carbons (Fsp3) is 0.0500. The number of rotatable bonds is 1. The molecule has 2 nitrogen and oxygen atoms in total. The number of hydrogen-bond donors (Lipinski definition) is 1. The zero-order valence-corrected chi connectivity index (χ0v) is 12.3. The van der Waals surface area contributed by atoms with Crippen molar-refractivity contribution in [1.82, 2.24) is 0 Å². The second-order valence-corrected chi connectivity index (χ2v) is 5.52. The number of aryl methyl sites for hydroxylation is 1. The largest absolute Gasteiger partial charge is 0.508 e. The summed E-state index contributed by atoms with van der Waals surface area (Å²) in [7, 11) is 2.10. The van der Waals surface area contributed by atoms with Crippen molar-refractivity contribution in [1.29, 1.82) is 0 Å². The Morgan fingerprint density at radius 3 is 1.73 bits per heavy atom. The van der Waals surface area contributed by atoms with Crippen LogP contribution in [0.2, 0.25) is 0 Å². The first-order valence-electron chi connectivity index (χ1n) is 7.34. The summed E-state index contributed by atoms with van der Waals surface area (Å²) < 4.78 is 2.23. The van der Waals surface area contributed by atoms with E-state index in [1.54, 1.807) is 12.1 Å². The van der Waals surface area contributed by atoms with E-state index < -0.39 is 0 Å². The number of aromatic hydroxyl groups is 1. The fourth-order valence-electron chi connectivity index (χ4n) is 3.17. The van der Waals surface area contributed by atoms with Gasteiger partial charge in [-0.15, -0.1) is 0 Å². The van der Waals surface area contributed by atoms with Gasteiger partial charge < -0.3 is 5.11 Å². The first kappa shape index (κ1) is 12.8. The summed E-state index contributed by atoms with van der Waals surface area (Å²) in [4.78, 5) is 0. The standard InChI is InChI=1S/C20H15NO/c1-21-18-8-4-2-6-16(18)20(14-10-12-15(22)13-11-14)17-7-3-5-9-19(17)21/h2-13H,1H3/p+1. The van der Waals surface area contributed by atoms with Crippen LogP contribution in [0, 0.1) is 0 Å². The summed E-state index contributed by atoms with van der Waals surface area (Å²) in [6, 6.07) is 24.3. The van der Waals surface area contributed by atoms with Crippen LogP contribution in [0.5, 0.6) is 5.75 Å². The van der Waals surface area contributed by atoms with Gasteiger partial charge in [0.25, 0.3) is 0 Å². The predicted octanol–water partition coefficient (Wildman–Crippen LogP) is 4.19. The molecular formula is C20H16NO+. The summed E-state index contributed by atoms with van der Waals surface area (Å²) in [5, 5.41) is 12.0. The molecule has 1 N–H and O–H groups in total. The maximum atomic E-state index is 9.57. The molecule has 0 fully saturated rings. The maximum absolute atomic E-state index is 9.57. The Morgan fingerprint density at radius 1 is 0.682 bits per heavy atom. The molecule has 0 radical (unpaired) electrons. The van der Waals surface area contributed by atoms with Gasteiger partial charge in [0.15, 0.2) is 0 Å². The van der Waals surface area contributed by atoms with Crippen LogP contribution in [0.15, 0.2) is 72.8 Å². The van der Waals surface area contributed by atoms with Crippen LogP contribution < -0.4 is 4.57 Å². The molecule has 0 aliphatic rings. The lowest BCUT2D eigenvalue weighted by Gasteiger charge is -2.10. The van der Waals surface area contributed by atoms with Gasteiger partial charge >= 0.3 is 0 Å². The van der Waals surface area contributed by atoms with E-state index >= 15 is 0 Å². The monoisotopic (exact) mass is 286 g/mol. The van der Waals surface area contributed by atoms with Crippen LogP contribution in [0.4, 0.5) is 0 Å². The van der Waals surface area contributed by atoms with E-state index in [2.05, 4.69) is 60.1 Å². The molecule has 0 unspecified atom stereocenters.